The predicted octanol–water partition coefficient (Wildman–Crippen LogP) is 0.686. The Morgan fingerprint density at radius 1 is 1.56 bits per heavy atom. The summed E-state index contributed by atoms with van der Waals surface area (Å²) in [5.74, 6) is 0. The summed E-state index contributed by atoms with van der Waals surface area (Å²) in [6, 6.07) is 0. The Labute approximate surface area is 105 Å². The summed E-state index contributed by atoms with van der Waals surface area (Å²) >= 11 is 0. The molecule has 0 bridgehead atoms. The molecule has 2 N–H and O–H groups in total. The van der Waals surface area contributed by atoms with Crippen molar-refractivity contribution in [2.24, 2.45) is 0 Å². The first-order valence-electron chi connectivity index (χ1n) is 6.18. The highest BCUT2D eigenvalue weighted by molar-refractivity contribution is 5.20. The molecule has 2 rings (SSSR count). The van der Waals surface area contributed by atoms with Crippen LogP contribution in [0.4, 0.5) is 5.69 Å². The average Bonchev–Trinajstić information content (AvgIpc) is 2.98. The van der Waals surface area contributed by atoms with E-state index in [1.54, 1.807) is 4.68 Å². The number of rotatable bonds is 6. The molecule has 1 aromatic rings. The first-order valence-corrected chi connectivity index (χ1v) is 6.18. The molecule has 7 heteroatoms. The van der Waals surface area contributed by atoms with E-state index in [9.17, 15) is 15.2 Å². The number of hydrogen-bond acceptors (Lipinski definition) is 5. The van der Waals surface area contributed by atoms with E-state index in [-0.39, 0.29) is 17.8 Å². The average molecular weight is 254 g/mol. The van der Waals surface area contributed by atoms with E-state index in [2.05, 4.69) is 10.4 Å². The van der Waals surface area contributed by atoms with Crippen LogP contribution in [0.2, 0.25) is 0 Å². The van der Waals surface area contributed by atoms with E-state index in [4.69, 9.17) is 0 Å². The highest BCUT2D eigenvalue weighted by Crippen LogP contribution is 2.28. The van der Waals surface area contributed by atoms with Crippen molar-refractivity contribution in [3.8, 4) is 0 Å². The van der Waals surface area contributed by atoms with Gasteiger partial charge in [-0.25, -0.2) is 0 Å². The Balaban J connectivity index is 1.82. The third-order valence-electron chi connectivity index (χ3n) is 3.53. The minimum absolute atomic E-state index is 0.00716. The number of aliphatic hydroxyl groups is 1. The number of nitro groups is 1. The first-order chi connectivity index (χ1) is 8.65. The molecule has 18 heavy (non-hydrogen) atoms. The van der Waals surface area contributed by atoms with Gasteiger partial charge in [-0.05, 0) is 12.8 Å². The van der Waals surface area contributed by atoms with Gasteiger partial charge >= 0.3 is 5.69 Å². The Bertz CT molecular complexity index is 412. The van der Waals surface area contributed by atoms with Crippen molar-refractivity contribution in [1.29, 1.82) is 0 Å². The summed E-state index contributed by atoms with van der Waals surface area (Å²) in [6.45, 7) is 1.36. The number of aliphatic hydroxyl groups excluding tert-OH is 1. The van der Waals surface area contributed by atoms with Crippen LogP contribution in [0, 0.1) is 10.1 Å². The maximum atomic E-state index is 10.5. The van der Waals surface area contributed by atoms with Crippen molar-refractivity contribution in [1.82, 2.24) is 15.1 Å². The molecule has 7 nitrogen and oxygen atoms in total. The van der Waals surface area contributed by atoms with E-state index in [1.165, 1.54) is 12.4 Å². The Morgan fingerprint density at radius 2 is 2.28 bits per heavy atom. The molecular formula is C11H18N4O3. The fourth-order valence-corrected chi connectivity index (χ4v) is 2.45. The van der Waals surface area contributed by atoms with Crippen LogP contribution < -0.4 is 5.32 Å². The smallest absolute Gasteiger partial charge is 0.306 e. The molecule has 0 unspecified atom stereocenters. The van der Waals surface area contributed by atoms with Crippen molar-refractivity contribution in [3.63, 3.8) is 0 Å². The van der Waals surface area contributed by atoms with Crippen LogP contribution in [0.15, 0.2) is 12.4 Å². The molecule has 0 spiro atoms. The maximum absolute atomic E-state index is 10.5. The lowest BCUT2D eigenvalue weighted by molar-refractivity contribution is -0.385. The second kappa shape index (κ2) is 5.45. The molecule has 100 valence electrons. The molecule has 0 radical (unpaired) electrons. The number of nitrogens with zero attached hydrogens (tertiary/aromatic N) is 3. The highest BCUT2D eigenvalue weighted by Gasteiger charge is 2.32. The van der Waals surface area contributed by atoms with Crippen molar-refractivity contribution >= 4 is 5.69 Å². The van der Waals surface area contributed by atoms with Crippen LogP contribution in [-0.4, -0.2) is 38.5 Å². The largest absolute Gasteiger partial charge is 0.394 e. The van der Waals surface area contributed by atoms with E-state index in [1.807, 2.05) is 0 Å². The van der Waals surface area contributed by atoms with E-state index in [0.717, 1.165) is 25.7 Å². The van der Waals surface area contributed by atoms with Gasteiger partial charge in [-0.15, -0.1) is 0 Å². The molecule has 1 aromatic heterocycles. The molecular weight excluding hydrogens is 236 g/mol. The van der Waals surface area contributed by atoms with Gasteiger partial charge in [0, 0.05) is 12.1 Å². The number of aromatic nitrogens is 2. The van der Waals surface area contributed by atoms with Crippen LogP contribution in [0.3, 0.4) is 0 Å². The Hall–Kier alpha value is -1.47. The van der Waals surface area contributed by atoms with Crippen LogP contribution in [0.5, 0.6) is 0 Å². The number of nitrogens with one attached hydrogen (secondary N) is 1. The van der Waals surface area contributed by atoms with Gasteiger partial charge in [-0.1, -0.05) is 12.8 Å². The lowest BCUT2D eigenvalue weighted by atomic mass is 9.99. The predicted molar refractivity (Wildman–Crippen MR) is 65.2 cm³/mol. The van der Waals surface area contributed by atoms with E-state index in [0.29, 0.717) is 13.1 Å². The molecule has 1 saturated carbocycles. The third-order valence-corrected chi connectivity index (χ3v) is 3.53. The second-order valence-electron chi connectivity index (χ2n) is 4.79. The molecule has 0 atom stereocenters. The molecule has 1 aliphatic rings. The Kier molecular flexibility index (Phi) is 3.93. The van der Waals surface area contributed by atoms with Crippen molar-refractivity contribution in [3.05, 3.63) is 22.5 Å². The number of hydrogen-bond donors (Lipinski definition) is 2. The minimum Gasteiger partial charge on any atom is -0.394 e. The van der Waals surface area contributed by atoms with E-state index >= 15 is 0 Å². The summed E-state index contributed by atoms with van der Waals surface area (Å²) in [7, 11) is 0. The van der Waals surface area contributed by atoms with Crippen molar-refractivity contribution < 1.29 is 10.0 Å². The topological polar surface area (TPSA) is 93.2 Å². The summed E-state index contributed by atoms with van der Waals surface area (Å²) in [5, 5.41) is 27.2. The fraction of sp³-hybridized carbons (Fsp3) is 0.727. The lowest BCUT2D eigenvalue weighted by Gasteiger charge is -2.28. The lowest BCUT2D eigenvalue weighted by Crippen LogP contribution is -2.47. The molecule has 0 aromatic carbocycles. The second-order valence-corrected chi connectivity index (χ2v) is 4.79. The Morgan fingerprint density at radius 3 is 2.83 bits per heavy atom. The van der Waals surface area contributed by atoms with Gasteiger partial charge in [-0.3, -0.25) is 14.8 Å². The monoisotopic (exact) mass is 254 g/mol. The maximum Gasteiger partial charge on any atom is 0.306 e. The van der Waals surface area contributed by atoms with Crippen molar-refractivity contribution in [2.45, 2.75) is 37.8 Å². The highest BCUT2D eigenvalue weighted by atomic mass is 16.6. The normalized spacial score (nSPS) is 18.1. The van der Waals surface area contributed by atoms with Crippen LogP contribution in [-0.2, 0) is 6.54 Å². The van der Waals surface area contributed by atoms with Gasteiger partial charge < -0.3 is 10.4 Å². The summed E-state index contributed by atoms with van der Waals surface area (Å²) < 4.78 is 1.55. The van der Waals surface area contributed by atoms with Crippen molar-refractivity contribution in [2.75, 3.05) is 13.2 Å². The zero-order chi connectivity index (χ0) is 13.0. The standard InChI is InChI=1S/C11H18N4O3/c16-9-11(3-1-2-4-11)12-5-6-14-8-10(7-13-14)15(17)18/h7-8,12,16H,1-6,9H2. The SMILES string of the molecule is O=[N+]([O-])c1cnn(CCNC2(CO)CCCC2)c1. The van der Waals surface area contributed by atoms with E-state index < -0.39 is 4.92 Å². The molecule has 1 aliphatic carbocycles. The third kappa shape index (κ3) is 2.85. The van der Waals surface area contributed by atoms with Gasteiger partial charge in [0.1, 0.15) is 12.4 Å². The summed E-state index contributed by atoms with van der Waals surface area (Å²) in [6.07, 6.45) is 6.92. The molecule has 0 aliphatic heterocycles. The minimum atomic E-state index is -0.455. The summed E-state index contributed by atoms with van der Waals surface area (Å²) in [4.78, 5) is 10.0. The van der Waals surface area contributed by atoms with Gasteiger partial charge in [0.05, 0.1) is 18.1 Å². The molecule has 1 heterocycles. The van der Waals surface area contributed by atoms with Crippen LogP contribution in [0.25, 0.3) is 0 Å². The fourth-order valence-electron chi connectivity index (χ4n) is 2.45. The quantitative estimate of drug-likeness (QED) is 0.575. The zero-order valence-electron chi connectivity index (χ0n) is 10.2. The molecule has 1 fully saturated rings. The van der Waals surface area contributed by atoms with Crippen LogP contribution >= 0.6 is 0 Å². The van der Waals surface area contributed by atoms with Crippen LogP contribution in [0.1, 0.15) is 25.7 Å². The molecule has 0 amide bonds. The van der Waals surface area contributed by atoms with Gasteiger partial charge in [-0.2, -0.15) is 5.10 Å². The van der Waals surface area contributed by atoms with Gasteiger partial charge in [0.15, 0.2) is 0 Å². The van der Waals surface area contributed by atoms with Gasteiger partial charge in [0.2, 0.25) is 0 Å². The zero-order valence-corrected chi connectivity index (χ0v) is 10.2. The first kappa shape index (κ1) is 13.0. The molecule has 0 saturated heterocycles. The van der Waals surface area contributed by atoms with Gasteiger partial charge in [0.25, 0.3) is 0 Å². The summed E-state index contributed by atoms with van der Waals surface area (Å²) in [5.41, 5.74) is -0.147.